The Bertz CT molecular complexity index is 826. The number of hydrogen-bond donors (Lipinski definition) is 2. The molecule has 0 aliphatic heterocycles. The molecule has 122 valence electrons. The molecule has 0 spiro atoms. The summed E-state index contributed by atoms with van der Waals surface area (Å²) in [7, 11) is 0. The number of nitrogens with two attached hydrogens (primary N) is 1. The van der Waals surface area contributed by atoms with Gasteiger partial charge in [0.2, 0.25) is 0 Å². The van der Waals surface area contributed by atoms with E-state index in [1.165, 1.54) is 0 Å². The Morgan fingerprint density at radius 2 is 2.09 bits per heavy atom. The predicted molar refractivity (Wildman–Crippen MR) is 91.5 cm³/mol. The van der Waals surface area contributed by atoms with Crippen molar-refractivity contribution in [2.75, 3.05) is 18.9 Å². The molecule has 6 nitrogen and oxygen atoms in total. The van der Waals surface area contributed by atoms with Gasteiger partial charge in [-0.05, 0) is 25.0 Å². The van der Waals surface area contributed by atoms with Gasteiger partial charge in [0, 0.05) is 6.61 Å². The maximum absolute atomic E-state index is 6.07. The lowest BCUT2D eigenvalue weighted by Crippen LogP contribution is -2.05. The molecule has 0 aliphatic rings. The maximum atomic E-state index is 6.07. The van der Waals surface area contributed by atoms with Crippen LogP contribution in [-0.2, 0) is 11.3 Å². The van der Waals surface area contributed by atoms with Crippen LogP contribution in [-0.4, -0.2) is 28.2 Å². The summed E-state index contributed by atoms with van der Waals surface area (Å²) in [6, 6.07) is 5.78. The summed E-state index contributed by atoms with van der Waals surface area (Å²) in [6.07, 6.45) is 0. The molecule has 2 heterocycles. The molecule has 6 heteroatoms. The molecule has 0 amide bonds. The van der Waals surface area contributed by atoms with Crippen molar-refractivity contribution in [1.82, 2.24) is 15.0 Å². The van der Waals surface area contributed by atoms with E-state index in [2.05, 4.69) is 28.8 Å². The normalized spacial score (nSPS) is 11.7. The van der Waals surface area contributed by atoms with Crippen LogP contribution < -0.4 is 10.5 Å². The summed E-state index contributed by atoms with van der Waals surface area (Å²) in [5.41, 5.74) is 8.36. The molecule has 0 bridgehead atoms. The average Bonchev–Trinajstić information content (AvgIpc) is 2.95. The van der Waals surface area contributed by atoms with E-state index >= 15 is 0 Å². The molecule has 0 saturated heterocycles. The van der Waals surface area contributed by atoms with Gasteiger partial charge >= 0.3 is 0 Å². The van der Waals surface area contributed by atoms with Gasteiger partial charge in [0.1, 0.15) is 35.0 Å². The second-order valence-electron chi connectivity index (χ2n) is 5.90. The number of aromatic amines is 1. The van der Waals surface area contributed by atoms with Gasteiger partial charge in [-0.15, -0.1) is 0 Å². The second-order valence-corrected chi connectivity index (χ2v) is 5.90. The SMILES string of the molecule is CCOCc1nc2c([nH]1)c(N)nc1cccc(OCC(C)C)c12. The first-order valence-electron chi connectivity index (χ1n) is 7.87. The van der Waals surface area contributed by atoms with Crippen molar-refractivity contribution in [2.24, 2.45) is 5.92 Å². The van der Waals surface area contributed by atoms with E-state index in [0.717, 1.165) is 33.5 Å². The van der Waals surface area contributed by atoms with Gasteiger partial charge in [-0.3, -0.25) is 0 Å². The summed E-state index contributed by atoms with van der Waals surface area (Å²) < 4.78 is 11.4. The Labute approximate surface area is 135 Å². The van der Waals surface area contributed by atoms with E-state index < -0.39 is 0 Å². The fraction of sp³-hybridized carbons (Fsp3) is 0.412. The third-order valence-corrected chi connectivity index (χ3v) is 3.51. The van der Waals surface area contributed by atoms with Crippen LogP contribution in [0.5, 0.6) is 5.75 Å². The largest absolute Gasteiger partial charge is 0.493 e. The molecule has 2 aromatic heterocycles. The van der Waals surface area contributed by atoms with Crippen LogP contribution in [0.1, 0.15) is 26.6 Å². The van der Waals surface area contributed by atoms with E-state index in [4.69, 9.17) is 15.2 Å². The number of benzene rings is 1. The first-order chi connectivity index (χ1) is 11.1. The lowest BCUT2D eigenvalue weighted by molar-refractivity contribution is 0.129. The van der Waals surface area contributed by atoms with Crippen molar-refractivity contribution in [1.29, 1.82) is 0 Å². The molecule has 3 aromatic rings. The highest BCUT2D eigenvalue weighted by atomic mass is 16.5. The van der Waals surface area contributed by atoms with Gasteiger partial charge in [0.15, 0.2) is 0 Å². The first kappa shape index (κ1) is 15.6. The Morgan fingerprint density at radius 1 is 1.26 bits per heavy atom. The number of fused-ring (bicyclic) bond motifs is 3. The number of imidazole rings is 1. The van der Waals surface area contributed by atoms with Crippen LogP contribution in [0.15, 0.2) is 18.2 Å². The quantitative estimate of drug-likeness (QED) is 0.729. The van der Waals surface area contributed by atoms with Crippen LogP contribution in [0.2, 0.25) is 0 Å². The molecule has 0 fully saturated rings. The topological polar surface area (TPSA) is 86.0 Å². The van der Waals surface area contributed by atoms with Gasteiger partial charge in [-0.1, -0.05) is 19.9 Å². The first-order valence-corrected chi connectivity index (χ1v) is 7.87. The molecule has 0 saturated carbocycles. The van der Waals surface area contributed by atoms with Crippen LogP contribution >= 0.6 is 0 Å². The third-order valence-electron chi connectivity index (χ3n) is 3.51. The summed E-state index contributed by atoms with van der Waals surface area (Å²) in [6.45, 7) is 7.87. The fourth-order valence-electron chi connectivity index (χ4n) is 2.47. The molecule has 0 aliphatic carbocycles. The molecular weight excluding hydrogens is 292 g/mol. The van der Waals surface area contributed by atoms with E-state index in [9.17, 15) is 0 Å². The standard InChI is InChI=1S/C17H22N4O2/c1-4-22-9-13-20-15-14-11(19-17(18)16(15)21-13)6-5-7-12(14)23-8-10(2)3/h5-7,10H,4,8-9H2,1-3H3,(H2,18,19)(H,20,21). The van der Waals surface area contributed by atoms with E-state index in [0.29, 0.717) is 31.6 Å². The highest BCUT2D eigenvalue weighted by Crippen LogP contribution is 2.33. The number of nitrogens with one attached hydrogen (secondary N) is 1. The van der Waals surface area contributed by atoms with E-state index in [1.54, 1.807) is 0 Å². The highest BCUT2D eigenvalue weighted by molar-refractivity contribution is 6.09. The van der Waals surface area contributed by atoms with Crippen molar-refractivity contribution in [3.05, 3.63) is 24.0 Å². The molecule has 0 radical (unpaired) electrons. The predicted octanol–water partition coefficient (Wildman–Crippen LogP) is 3.26. The van der Waals surface area contributed by atoms with Crippen molar-refractivity contribution >= 4 is 27.8 Å². The van der Waals surface area contributed by atoms with Gasteiger partial charge in [-0.2, -0.15) is 0 Å². The monoisotopic (exact) mass is 314 g/mol. The van der Waals surface area contributed by atoms with Crippen LogP contribution in [0, 0.1) is 5.92 Å². The summed E-state index contributed by atoms with van der Waals surface area (Å²) in [5.74, 6) is 2.39. The molecule has 3 rings (SSSR count). The molecule has 1 aromatic carbocycles. The Kier molecular flexibility index (Phi) is 4.34. The fourth-order valence-corrected chi connectivity index (χ4v) is 2.47. The van der Waals surface area contributed by atoms with Crippen LogP contribution in [0.25, 0.3) is 21.9 Å². The third kappa shape index (κ3) is 3.07. The summed E-state index contributed by atoms with van der Waals surface area (Å²) in [5, 5.41) is 0.886. The smallest absolute Gasteiger partial charge is 0.150 e. The zero-order valence-corrected chi connectivity index (χ0v) is 13.7. The number of nitrogens with zero attached hydrogens (tertiary/aromatic N) is 2. The summed E-state index contributed by atoms with van der Waals surface area (Å²) in [4.78, 5) is 12.3. The Balaban J connectivity index is 2.16. The average molecular weight is 314 g/mol. The number of aromatic nitrogens is 3. The Hall–Kier alpha value is -2.34. The number of hydrogen-bond acceptors (Lipinski definition) is 5. The number of anilines is 1. The van der Waals surface area contributed by atoms with Crippen molar-refractivity contribution in [3.63, 3.8) is 0 Å². The minimum atomic E-state index is 0.418. The van der Waals surface area contributed by atoms with Crippen molar-refractivity contribution in [2.45, 2.75) is 27.4 Å². The van der Waals surface area contributed by atoms with Crippen LogP contribution in [0.4, 0.5) is 5.82 Å². The molecule has 23 heavy (non-hydrogen) atoms. The van der Waals surface area contributed by atoms with Crippen molar-refractivity contribution < 1.29 is 9.47 Å². The maximum Gasteiger partial charge on any atom is 0.150 e. The number of rotatable bonds is 6. The number of nitrogen functional groups attached to an aromatic ring is 1. The lowest BCUT2D eigenvalue weighted by Gasteiger charge is -2.11. The second kappa shape index (κ2) is 6.42. The highest BCUT2D eigenvalue weighted by Gasteiger charge is 2.15. The Morgan fingerprint density at radius 3 is 2.83 bits per heavy atom. The van der Waals surface area contributed by atoms with Crippen molar-refractivity contribution in [3.8, 4) is 5.75 Å². The van der Waals surface area contributed by atoms with Crippen LogP contribution in [0.3, 0.4) is 0 Å². The lowest BCUT2D eigenvalue weighted by atomic mass is 10.1. The molecule has 0 unspecified atom stereocenters. The molecule has 3 N–H and O–H groups in total. The minimum Gasteiger partial charge on any atom is -0.493 e. The summed E-state index contributed by atoms with van der Waals surface area (Å²) >= 11 is 0. The zero-order chi connectivity index (χ0) is 16.4. The van der Waals surface area contributed by atoms with Gasteiger partial charge in [-0.25, -0.2) is 9.97 Å². The molecule has 0 atom stereocenters. The van der Waals surface area contributed by atoms with Gasteiger partial charge in [0.05, 0.1) is 17.5 Å². The number of pyridine rings is 1. The van der Waals surface area contributed by atoms with E-state index in [-0.39, 0.29) is 0 Å². The van der Waals surface area contributed by atoms with Gasteiger partial charge in [0.25, 0.3) is 0 Å². The number of H-pyrrole nitrogens is 1. The van der Waals surface area contributed by atoms with Gasteiger partial charge < -0.3 is 20.2 Å². The van der Waals surface area contributed by atoms with E-state index in [1.807, 2.05) is 25.1 Å². The zero-order valence-electron chi connectivity index (χ0n) is 13.7. The minimum absolute atomic E-state index is 0.418. The molecular formula is C17H22N4O2. The number of ether oxygens (including phenoxy) is 2.